The number of nitriles is 1. The molecule has 26 heavy (non-hydrogen) atoms. The van der Waals surface area contributed by atoms with Gasteiger partial charge in [-0.05, 0) is 37.6 Å². The highest BCUT2D eigenvalue weighted by Gasteiger charge is 2.26. The number of hydrogen-bond donors (Lipinski definition) is 0. The average molecular weight is 368 g/mol. The number of aryl methyl sites for hydroxylation is 2. The number of rotatable bonds is 6. The minimum Gasteiger partial charge on any atom is -0.454 e. The van der Waals surface area contributed by atoms with Gasteiger partial charge in [0, 0.05) is 17.3 Å². The molecular formula is C19H16N2O4S. The fourth-order valence-corrected chi connectivity index (χ4v) is 3.40. The van der Waals surface area contributed by atoms with Crippen LogP contribution < -0.4 is 0 Å². The molecule has 3 aromatic heterocycles. The summed E-state index contributed by atoms with van der Waals surface area (Å²) < 4.78 is 12.3. The first-order valence-corrected chi connectivity index (χ1v) is 8.82. The zero-order valence-corrected chi connectivity index (χ0v) is 15.1. The number of carbonyl (C=O) groups excluding carboxylic acids is 2. The normalized spacial score (nSPS) is 10.5. The molecule has 0 N–H and O–H groups in total. The molecule has 0 saturated heterocycles. The van der Waals surface area contributed by atoms with Crippen LogP contribution in [-0.4, -0.2) is 22.9 Å². The van der Waals surface area contributed by atoms with Gasteiger partial charge in [-0.1, -0.05) is 6.92 Å². The van der Waals surface area contributed by atoms with Gasteiger partial charge in [-0.15, -0.1) is 11.3 Å². The quantitative estimate of drug-likeness (QED) is 0.486. The standard InChI is InChI=1S/C19H16N2O4S/c1-3-13-6-7-16(26-13)15(22)11-24-19(23)17-12(2)25-18(14(17)10-20)21-8-4-5-9-21/h4-9H,3,11H2,1-2H3. The maximum absolute atomic E-state index is 12.4. The summed E-state index contributed by atoms with van der Waals surface area (Å²) in [5.74, 6) is -0.499. The van der Waals surface area contributed by atoms with E-state index in [2.05, 4.69) is 0 Å². The van der Waals surface area contributed by atoms with E-state index in [1.807, 2.05) is 19.1 Å². The van der Waals surface area contributed by atoms with Crippen molar-refractivity contribution in [3.8, 4) is 12.0 Å². The van der Waals surface area contributed by atoms with Crippen molar-refractivity contribution in [2.24, 2.45) is 0 Å². The molecule has 0 bridgehead atoms. The molecule has 0 aliphatic rings. The summed E-state index contributed by atoms with van der Waals surface area (Å²) >= 11 is 1.39. The predicted octanol–water partition coefficient (Wildman–Crippen LogP) is 3.91. The Kier molecular flexibility index (Phi) is 5.05. The van der Waals surface area contributed by atoms with E-state index in [9.17, 15) is 14.9 Å². The van der Waals surface area contributed by atoms with E-state index in [0.29, 0.717) is 4.88 Å². The third-order valence-corrected chi connectivity index (χ3v) is 5.11. The van der Waals surface area contributed by atoms with Gasteiger partial charge in [0.2, 0.25) is 11.7 Å². The second kappa shape index (κ2) is 7.42. The van der Waals surface area contributed by atoms with Crippen LogP contribution >= 0.6 is 11.3 Å². The van der Waals surface area contributed by atoms with E-state index in [4.69, 9.17) is 9.15 Å². The summed E-state index contributed by atoms with van der Waals surface area (Å²) in [6, 6.07) is 9.16. The van der Waals surface area contributed by atoms with E-state index < -0.39 is 5.97 Å². The third-order valence-electron chi connectivity index (χ3n) is 3.84. The molecule has 0 atom stereocenters. The van der Waals surface area contributed by atoms with Gasteiger partial charge in [0.25, 0.3) is 0 Å². The SMILES string of the molecule is CCc1ccc(C(=O)COC(=O)c2c(C)oc(-n3cccc3)c2C#N)s1. The zero-order chi connectivity index (χ0) is 18.7. The summed E-state index contributed by atoms with van der Waals surface area (Å²) in [5, 5.41) is 9.45. The summed E-state index contributed by atoms with van der Waals surface area (Å²) in [7, 11) is 0. The zero-order valence-electron chi connectivity index (χ0n) is 14.3. The Morgan fingerprint density at radius 3 is 2.65 bits per heavy atom. The number of nitrogens with zero attached hydrogens (tertiary/aromatic N) is 2. The van der Waals surface area contributed by atoms with Crippen LogP contribution in [0.5, 0.6) is 0 Å². The number of ketones is 1. The van der Waals surface area contributed by atoms with Gasteiger partial charge in [-0.25, -0.2) is 4.79 Å². The van der Waals surface area contributed by atoms with Gasteiger partial charge in [-0.2, -0.15) is 5.26 Å². The Balaban J connectivity index is 1.78. The number of thiophene rings is 1. The van der Waals surface area contributed by atoms with E-state index >= 15 is 0 Å². The first kappa shape index (κ1) is 17.7. The lowest BCUT2D eigenvalue weighted by molar-refractivity contribution is 0.0473. The summed E-state index contributed by atoms with van der Waals surface area (Å²) in [4.78, 5) is 26.3. The van der Waals surface area contributed by atoms with Gasteiger partial charge in [0.1, 0.15) is 23.0 Å². The van der Waals surface area contributed by atoms with Crippen molar-refractivity contribution in [1.82, 2.24) is 4.57 Å². The molecule has 0 radical (unpaired) electrons. The van der Waals surface area contributed by atoms with Gasteiger partial charge >= 0.3 is 5.97 Å². The molecule has 3 rings (SSSR count). The maximum Gasteiger partial charge on any atom is 0.343 e. The molecule has 0 amide bonds. The highest BCUT2D eigenvalue weighted by atomic mass is 32.1. The number of Topliss-reactive ketones (excluding diaryl/α,β-unsaturated/α-hetero) is 1. The monoisotopic (exact) mass is 368 g/mol. The molecule has 0 aliphatic heterocycles. The average Bonchev–Trinajstić information content (AvgIpc) is 3.37. The summed E-state index contributed by atoms with van der Waals surface area (Å²) in [5.41, 5.74) is 0.130. The second-order valence-corrected chi connectivity index (χ2v) is 6.70. The lowest BCUT2D eigenvalue weighted by Gasteiger charge is -2.03. The Morgan fingerprint density at radius 1 is 1.31 bits per heavy atom. The fraction of sp³-hybridized carbons (Fsp3) is 0.211. The third kappa shape index (κ3) is 3.32. The van der Waals surface area contributed by atoms with E-state index in [1.54, 1.807) is 42.1 Å². The molecule has 3 aromatic rings. The van der Waals surface area contributed by atoms with Crippen molar-refractivity contribution < 1.29 is 18.7 Å². The largest absolute Gasteiger partial charge is 0.454 e. The Hall–Kier alpha value is -3.11. The predicted molar refractivity (Wildman–Crippen MR) is 95.8 cm³/mol. The number of aromatic nitrogens is 1. The van der Waals surface area contributed by atoms with Gasteiger partial charge < -0.3 is 9.15 Å². The van der Waals surface area contributed by atoms with Crippen LogP contribution in [0.25, 0.3) is 5.88 Å². The molecule has 0 aliphatic carbocycles. The van der Waals surface area contributed by atoms with Crippen LogP contribution in [0.15, 0.2) is 41.1 Å². The number of esters is 1. The van der Waals surface area contributed by atoms with Crippen molar-refractivity contribution >= 4 is 23.1 Å². The smallest absolute Gasteiger partial charge is 0.343 e. The van der Waals surface area contributed by atoms with Crippen LogP contribution in [0.2, 0.25) is 0 Å². The van der Waals surface area contributed by atoms with Gasteiger partial charge in [0.15, 0.2) is 6.61 Å². The molecule has 132 valence electrons. The molecule has 0 spiro atoms. The van der Waals surface area contributed by atoms with Gasteiger partial charge in [-0.3, -0.25) is 9.36 Å². The van der Waals surface area contributed by atoms with E-state index in [-0.39, 0.29) is 35.2 Å². The summed E-state index contributed by atoms with van der Waals surface area (Å²) in [6.45, 7) is 3.21. The first-order chi connectivity index (χ1) is 12.5. The van der Waals surface area contributed by atoms with Crippen molar-refractivity contribution in [3.63, 3.8) is 0 Å². The first-order valence-electron chi connectivity index (χ1n) is 8.01. The Morgan fingerprint density at radius 2 is 2.04 bits per heavy atom. The van der Waals surface area contributed by atoms with Crippen LogP contribution in [0.4, 0.5) is 0 Å². The highest BCUT2D eigenvalue weighted by molar-refractivity contribution is 7.14. The van der Waals surface area contributed by atoms with E-state index in [1.165, 1.54) is 11.3 Å². The lowest BCUT2D eigenvalue weighted by atomic mass is 10.1. The lowest BCUT2D eigenvalue weighted by Crippen LogP contribution is -2.14. The number of carbonyl (C=O) groups is 2. The molecule has 3 heterocycles. The molecule has 6 nitrogen and oxygen atoms in total. The summed E-state index contributed by atoms with van der Waals surface area (Å²) in [6.07, 6.45) is 4.26. The second-order valence-electron chi connectivity index (χ2n) is 5.53. The van der Waals surface area contributed by atoms with Crippen molar-refractivity contribution in [2.75, 3.05) is 6.61 Å². The Bertz CT molecular complexity index is 990. The van der Waals surface area contributed by atoms with Crippen LogP contribution in [-0.2, 0) is 11.2 Å². The van der Waals surface area contributed by atoms with Crippen molar-refractivity contribution in [2.45, 2.75) is 20.3 Å². The number of hydrogen-bond acceptors (Lipinski definition) is 6. The fourth-order valence-electron chi connectivity index (χ4n) is 2.52. The molecule has 0 unspecified atom stereocenters. The van der Waals surface area contributed by atoms with Crippen LogP contribution in [0.3, 0.4) is 0 Å². The molecule has 0 saturated carbocycles. The minimum atomic E-state index is -0.748. The molecule has 0 aromatic carbocycles. The van der Waals surface area contributed by atoms with Crippen LogP contribution in [0.1, 0.15) is 43.2 Å². The maximum atomic E-state index is 12.4. The van der Waals surface area contributed by atoms with Gasteiger partial charge in [0.05, 0.1) is 4.88 Å². The minimum absolute atomic E-state index is 0.0458. The van der Waals surface area contributed by atoms with Crippen molar-refractivity contribution in [1.29, 1.82) is 5.26 Å². The Labute approximate surface area is 154 Å². The molecular weight excluding hydrogens is 352 g/mol. The highest BCUT2D eigenvalue weighted by Crippen LogP contribution is 2.26. The topological polar surface area (TPSA) is 85.2 Å². The number of ether oxygens (including phenoxy) is 1. The van der Waals surface area contributed by atoms with Crippen molar-refractivity contribution in [3.05, 3.63) is 63.3 Å². The molecule has 0 fully saturated rings. The van der Waals surface area contributed by atoms with Crippen LogP contribution in [0, 0.1) is 18.3 Å². The number of furan rings is 1. The molecule has 7 heteroatoms. The van der Waals surface area contributed by atoms with E-state index in [0.717, 1.165) is 11.3 Å².